The largest absolute Gasteiger partial charge is 0.494 e. The van der Waals surface area contributed by atoms with Crippen LogP contribution in [0.25, 0.3) is 11.0 Å². The number of nitrogens with zero attached hydrogens (tertiary/aromatic N) is 1. The van der Waals surface area contributed by atoms with E-state index in [2.05, 4.69) is 18.8 Å². The van der Waals surface area contributed by atoms with Gasteiger partial charge in [-0.1, -0.05) is 13.3 Å². The average molecular weight is 268 g/mol. The lowest BCUT2D eigenvalue weighted by molar-refractivity contribution is 0.387. The number of aromatic nitrogens is 2. The quantitative estimate of drug-likeness (QED) is 0.842. The van der Waals surface area contributed by atoms with Crippen LogP contribution in [0.1, 0.15) is 32.7 Å². The summed E-state index contributed by atoms with van der Waals surface area (Å²) >= 11 is 5.31. The SMILES string of the molecule is CCCC(C)n1c(=S)[nH]c2cc(F)c(OC)cc21. The van der Waals surface area contributed by atoms with Gasteiger partial charge in [0, 0.05) is 18.2 Å². The highest BCUT2D eigenvalue weighted by Crippen LogP contribution is 2.27. The number of H-pyrrole nitrogens is 1. The minimum atomic E-state index is -0.378. The van der Waals surface area contributed by atoms with Gasteiger partial charge in [0.05, 0.1) is 18.1 Å². The van der Waals surface area contributed by atoms with Gasteiger partial charge in [0.15, 0.2) is 16.3 Å². The topological polar surface area (TPSA) is 29.9 Å². The normalized spacial score (nSPS) is 12.9. The van der Waals surface area contributed by atoms with Crippen LogP contribution < -0.4 is 4.74 Å². The number of hydrogen-bond donors (Lipinski definition) is 1. The maximum atomic E-state index is 13.6. The molecule has 98 valence electrons. The molecule has 1 N–H and O–H groups in total. The predicted octanol–water partition coefficient (Wildman–Crippen LogP) is 4.21. The van der Waals surface area contributed by atoms with Crippen LogP contribution in [0.2, 0.25) is 0 Å². The van der Waals surface area contributed by atoms with E-state index >= 15 is 0 Å². The molecule has 5 heteroatoms. The minimum Gasteiger partial charge on any atom is -0.494 e. The number of benzene rings is 1. The molecule has 0 bridgehead atoms. The van der Waals surface area contributed by atoms with Gasteiger partial charge in [0.1, 0.15) is 0 Å². The Morgan fingerprint density at radius 3 is 2.83 bits per heavy atom. The zero-order chi connectivity index (χ0) is 13.3. The number of aromatic amines is 1. The van der Waals surface area contributed by atoms with Crippen LogP contribution in [0, 0.1) is 10.6 Å². The van der Waals surface area contributed by atoms with Crippen LogP contribution in [-0.4, -0.2) is 16.7 Å². The summed E-state index contributed by atoms with van der Waals surface area (Å²) in [6.07, 6.45) is 2.11. The molecule has 2 rings (SSSR count). The van der Waals surface area contributed by atoms with Crippen LogP contribution in [0.5, 0.6) is 5.75 Å². The van der Waals surface area contributed by atoms with Crippen molar-refractivity contribution in [1.29, 1.82) is 0 Å². The number of methoxy groups -OCH3 is 1. The van der Waals surface area contributed by atoms with Crippen molar-refractivity contribution in [3.05, 3.63) is 22.7 Å². The van der Waals surface area contributed by atoms with Crippen molar-refractivity contribution >= 4 is 23.3 Å². The van der Waals surface area contributed by atoms with Gasteiger partial charge in [-0.2, -0.15) is 0 Å². The summed E-state index contributed by atoms with van der Waals surface area (Å²) in [7, 11) is 1.46. The minimum absolute atomic E-state index is 0.244. The van der Waals surface area contributed by atoms with E-state index < -0.39 is 0 Å². The molecule has 0 radical (unpaired) electrons. The van der Waals surface area contributed by atoms with Gasteiger partial charge in [-0.05, 0) is 25.6 Å². The Morgan fingerprint density at radius 2 is 2.22 bits per heavy atom. The van der Waals surface area contributed by atoms with Crippen LogP contribution in [0.4, 0.5) is 4.39 Å². The summed E-state index contributed by atoms with van der Waals surface area (Å²) in [5.74, 6) is -0.134. The molecule has 0 saturated carbocycles. The van der Waals surface area contributed by atoms with Crippen molar-refractivity contribution in [1.82, 2.24) is 9.55 Å². The van der Waals surface area contributed by atoms with E-state index in [0.717, 1.165) is 18.4 Å². The second-order valence-corrected chi connectivity index (χ2v) is 4.83. The van der Waals surface area contributed by atoms with E-state index in [9.17, 15) is 4.39 Å². The van der Waals surface area contributed by atoms with Crippen molar-refractivity contribution in [2.24, 2.45) is 0 Å². The van der Waals surface area contributed by atoms with Crippen LogP contribution in [0.15, 0.2) is 12.1 Å². The van der Waals surface area contributed by atoms with Gasteiger partial charge in [0.25, 0.3) is 0 Å². The summed E-state index contributed by atoms with van der Waals surface area (Å²) in [5.41, 5.74) is 1.60. The van der Waals surface area contributed by atoms with Crippen LogP contribution in [-0.2, 0) is 0 Å². The first-order valence-corrected chi connectivity index (χ1v) is 6.47. The Morgan fingerprint density at radius 1 is 1.50 bits per heavy atom. The first-order chi connectivity index (χ1) is 8.58. The molecular weight excluding hydrogens is 251 g/mol. The highest BCUT2D eigenvalue weighted by Gasteiger charge is 2.13. The molecule has 0 saturated heterocycles. The lowest BCUT2D eigenvalue weighted by Crippen LogP contribution is -2.04. The maximum absolute atomic E-state index is 13.6. The van der Waals surface area contributed by atoms with Gasteiger partial charge in [0.2, 0.25) is 0 Å². The van der Waals surface area contributed by atoms with Crippen molar-refractivity contribution in [3.8, 4) is 5.75 Å². The second kappa shape index (κ2) is 5.10. The number of ether oxygens (including phenoxy) is 1. The van der Waals surface area contributed by atoms with Gasteiger partial charge in [-0.25, -0.2) is 4.39 Å². The number of rotatable bonds is 4. The molecule has 0 aliphatic rings. The lowest BCUT2D eigenvalue weighted by Gasteiger charge is -2.13. The standard InChI is InChI=1S/C13H17FN2OS/c1-4-5-8(2)16-11-7-12(17-3)9(14)6-10(11)15-13(16)18/h6-8H,4-5H2,1-3H3,(H,15,18). The smallest absolute Gasteiger partial charge is 0.178 e. The second-order valence-electron chi connectivity index (χ2n) is 4.44. The third kappa shape index (κ3) is 2.14. The molecule has 0 aliphatic carbocycles. The molecule has 0 aliphatic heterocycles. The molecule has 1 heterocycles. The first-order valence-electron chi connectivity index (χ1n) is 6.06. The summed E-state index contributed by atoms with van der Waals surface area (Å²) in [6, 6.07) is 3.41. The van der Waals surface area contributed by atoms with E-state index in [-0.39, 0.29) is 17.6 Å². The Bertz CT molecular complexity index is 617. The third-order valence-electron chi connectivity index (χ3n) is 3.14. The summed E-state index contributed by atoms with van der Waals surface area (Å²) in [5, 5.41) is 0. The Labute approximate surface area is 111 Å². The number of fused-ring (bicyclic) bond motifs is 1. The Hall–Kier alpha value is -1.36. The molecule has 18 heavy (non-hydrogen) atoms. The fourth-order valence-corrected chi connectivity index (χ4v) is 2.66. The first kappa shape index (κ1) is 13.1. The molecule has 1 aromatic heterocycles. The molecule has 3 nitrogen and oxygen atoms in total. The summed E-state index contributed by atoms with van der Waals surface area (Å²) in [4.78, 5) is 3.04. The zero-order valence-corrected chi connectivity index (χ0v) is 11.6. The average Bonchev–Trinajstić information content (AvgIpc) is 2.63. The van der Waals surface area contributed by atoms with Crippen LogP contribution in [0.3, 0.4) is 0 Å². The van der Waals surface area contributed by atoms with Crippen molar-refractivity contribution in [2.75, 3.05) is 7.11 Å². The van der Waals surface area contributed by atoms with Gasteiger partial charge in [-0.15, -0.1) is 0 Å². The fourth-order valence-electron chi connectivity index (χ4n) is 2.27. The van der Waals surface area contributed by atoms with Gasteiger partial charge < -0.3 is 14.3 Å². The Kier molecular flexibility index (Phi) is 3.71. The molecule has 0 fully saturated rings. The Balaban J connectivity index is 2.65. The molecule has 2 aromatic rings. The van der Waals surface area contributed by atoms with E-state index in [0.29, 0.717) is 10.3 Å². The number of nitrogens with one attached hydrogen (secondary N) is 1. The lowest BCUT2D eigenvalue weighted by atomic mass is 10.2. The predicted molar refractivity (Wildman–Crippen MR) is 73.3 cm³/mol. The summed E-state index contributed by atoms with van der Waals surface area (Å²) in [6.45, 7) is 4.25. The van der Waals surface area contributed by atoms with E-state index in [1.807, 2.05) is 4.57 Å². The molecule has 1 unspecified atom stereocenters. The monoisotopic (exact) mass is 268 g/mol. The molecule has 1 atom stereocenters. The van der Waals surface area contributed by atoms with E-state index in [4.69, 9.17) is 17.0 Å². The van der Waals surface area contributed by atoms with Crippen molar-refractivity contribution in [2.45, 2.75) is 32.7 Å². The number of imidazole rings is 1. The molecule has 1 aromatic carbocycles. The van der Waals surface area contributed by atoms with Crippen molar-refractivity contribution in [3.63, 3.8) is 0 Å². The number of hydrogen-bond acceptors (Lipinski definition) is 2. The van der Waals surface area contributed by atoms with E-state index in [1.54, 1.807) is 6.07 Å². The molecule has 0 amide bonds. The summed E-state index contributed by atoms with van der Waals surface area (Å²) < 4.78 is 21.3. The fraction of sp³-hybridized carbons (Fsp3) is 0.462. The maximum Gasteiger partial charge on any atom is 0.178 e. The molecule has 0 spiro atoms. The van der Waals surface area contributed by atoms with Gasteiger partial charge >= 0.3 is 0 Å². The molecular formula is C13H17FN2OS. The van der Waals surface area contributed by atoms with Crippen LogP contribution >= 0.6 is 12.2 Å². The van der Waals surface area contributed by atoms with Gasteiger partial charge in [-0.3, -0.25) is 0 Å². The van der Waals surface area contributed by atoms with Crippen molar-refractivity contribution < 1.29 is 9.13 Å². The number of halogens is 1. The van der Waals surface area contributed by atoms with E-state index in [1.165, 1.54) is 13.2 Å². The highest BCUT2D eigenvalue weighted by atomic mass is 32.1. The third-order valence-corrected chi connectivity index (χ3v) is 3.44. The highest BCUT2D eigenvalue weighted by molar-refractivity contribution is 7.71. The zero-order valence-electron chi connectivity index (χ0n) is 10.8.